The highest BCUT2D eigenvalue weighted by Crippen LogP contribution is 2.65. The number of hydrogen-bond donors (Lipinski definition) is 0. The summed E-state index contributed by atoms with van der Waals surface area (Å²) in [5.74, 6) is 1.41. The molecular formula is C31H27Cl2N3O. The Morgan fingerprint density at radius 3 is 2.19 bits per heavy atom. The van der Waals surface area contributed by atoms with Gasteiger partial charge in [0.1, 0.15) is 0 Å². The molecule has 0 N–H and O–H groups in total. The fraction of sp³-hybridized carbons (Fsp3) is 0.452. The van der Waals surface area contributed by atoms with Crippen molar-refractivity contribution in [2.75, 3.05) is 0 Å². The highest BCUT2D eigenvalue weighted by atomic mass is 35.5. The predicted octanol–water partition coefficient (Wildman–Crippen LogP) is 7.31. The van der Waals surface area contributed by atoms with E-state index in [0.29, 0.717) is 27.8 Å². The number of hydrogen-bond acceptors (Lipinski definition) is 4. The Morgan fingerprint density at radius 2 is 1.57 bits per heavy atom. The Kier molecular flexibility index (Phi) is 5.11. The topological polar surface area (TPSA) is 67.9 Å². The quantitative estimate of drug-likeness (QED) is 0.419. The van der Waals surface area contributed by atoms with Gasteiger partial charge in [0.05, 0.1) is 34.3 Å². The number of rotatable bonds is 3. The van der Waals surface area contributed by atoms with Crippen LogP contribution < -0.4 is 0 Å². The van der Waals surface area contributed by atoms with E-state index in [-0.39, 0.29) is 11.2 Å². The zero-order valence-corrected chi connectivity index (χ0v) is 21.9. The van der Waals surface area contributed by atoms with Gasteiger partial charge in [0.2, 0.25) is 0 Å². The third-order valence-electron chi connectivity index (χ3n) is 10.1. The minimum atomic E-state index is -1.47. The number of ketones is 1. The van der Waals surface area contributed by atoms with Gasteiger partial charge >= 0.3 is 0 Å². The van der Waals surface area contributed by atoms with Gasteiger partial charge in [-0.25, -0.2) is 0 Å². The average Bonchev–Trinajstić information content (AvgIpc) is 3.20. The van der Waals surface area contributed by atoms with Crippen LogP contribution in [0.3, 0.4) is 0 Å². The van der Waals surface area contributed by atoms with Crippen molar-refractivity contribution in [1.29, 1.82) is 10.5 Å². The minimum absolute atomic E-state index is 0.212. The molecular weight excluding hydrogens is 501 g/mol. The summed E-state index contributed by atoms with van der Waals surface area (Å²) in [6.07, 6.45) is 10.5. The molecule has 4 aliphatic carbocycles. The van der Waals surface area contributed by atoms with Crippen LogP contribution in [0.2, 0.25) is 10.0 Å². The summed E-state index contributed by atoms with van der Waals surface area (Å²) in [5.41, 5.74) is 0.777. The first-order valence-corrected chi connectivity index (χ1v) is 14.0. The summed E-state index contributed by atoms with van der Waals surface area (Å²) in [6, 6.07) is 16.9. The van der Waals surface area contributed by atoms with Crippen molar-refractivity contribution in [2.24, 2.45) is 28.6 Å². The van der Waals surface area contributed by atoms with Crippen molar-refractivity contribution < 1.29 is 4.79 Å². The second kappa shape index (κ2) is 8.10. The van der Waals surface area contributed by atoms with E-state index in [1.54, 1.807) is 12.1 Å². The van der Waals surface area contributed by atoms with Crippen molar-refractivity contribution in [1.82, 2.24) is 4.90 Å². The van der Waals surface area contributed by atoms with Crippen LogP contribution >= 0.6 is 23.2 Å². The Bertz CT molecular complexity index is 1380. The molecule has 5 fully saturated rings. The van der Waals surface area contributed by atoms with Crippen molar-refractivity contribution in [3.8, 4) is 12.1 Å². The van der Waals surface area contributed by atoms with E-state index in [2.05, 4.69) is 12.1 Å². The summed E-state index contributed by atoms with van der Waals surface area (Å²) in [6.45, 7) is 0. The maximum atomic E-state index is 15.0. The molecule has 1 saturated heterocycles. The van der Waals surface area contributed by atoms with Crippen LogP contribution in [-0.2, 0) is 4.79 Å². The van der Waals surface area contributed by atoms with Crippen LogP contribution in [0, 0.1) is 51.2 Å². The summed E-state index contributed by atoms with van der Waals surface area (Å²) in [4.78, 5) is 17.0. The lowest BCUT2D eigenvalue weighted by molar-refractivity contribution is -0.148. The zero-order valence-electron chi connectivity index (χ0n) is 20.4. The number of carbonyl (C=O) groups is 1. The Morgan fingerprint density at radius 1 is 0.919 bits per heavy atom. The predicted molar refractivity (Wildman–Crippen MR) is 142 cm³/mol. The molecule has 2 aromatic carbocycles. The Labute approximate surface area is 227 Å². The maximum Gasteiger partial charge on any atom is 0.177 e. The van der Waals surface area contributed by atoms with Crippen LogP contribution in [0.15, 0.2) is 48.7 Å². The number of nitrogens with zero attached hydrogens (tertiary/aromatic N) is 3. The largest absolute Gasteiger partial charge is 0.357 e. The molecule has 4 saturated carbocycles. The van der Waals surface area contributed by atoms with E-state index in [1.807, 2.05) is 47.5 Å². The summed E-state index contributed by atoms with van der Waals surface area (Å²) in [7, 11) is 0. The summed E-state index contributed by atoms with van der Waals surface area (Å²) >= 11 is 12.8. The van der Waals surface area contributed by atoms with Gasteiger partial charge in [0, 0.05) is 17.5 Å². The molecule has 37 heavy (non-hydrogen) atoms. The Balaban J connectivity index is 1.44. The maximum absolute atomic E-state index is 15.0. The van der Waals surface area contributed by atoms with Crippen molar-refractivity contribution in [2.45, 2.75) is 56.5 Å². The van der Waals surface area contributed by atoms with Gasteiger partial charge < -0.3 is 4.90 Å². The average molecular weight is 528 g/mol. The van der Waals surface area contributed by atoms with Gasteiger partial charge in [-0.1, -0.05) is 53.5 Å². The molecule has 1 unspecified atom stereocenters. The molecule has 6 heteroatoms. The van der Waals surface area contributed by atoms with E-state index in [0.717, 1.165) is 36.0 Å². The molecule has 0 spiro atoms. The Hall–Kier alpha value is -2.79. The molecule has 2 heterocycles. The first kappa shape index (κ1) is 23.3. The second-order valence-electron chi connectivity index (χ2n) is 12.0. The van der Waals surface area contributed by atoms with E-state index in [4.69, 9.17) is 23.2 Å². The fourth-order valence-corrected chi connectivity index (χ4v) is 9.41. The monoisotopic (exact) mass is 527 g/mol. The smallest absolute Gasteiger partial charge is 0.177 e. The van der Waals surface area contributed by atoms with E-state index in [9.17, 15) is 15.3 Å². The molecule has 2 aromatic rings. The molecule has 4 bridgehead atoms. The van der Waals surface area contributed by atoms with Crippen molar-refractivity contribution in [3.63, 3.8) is 0 Å². The minimum Gasteiger partial charge on any atom is -0.357 e. The SMILES string of the molecule is N#CC1(C#N)C2c3ccccc3C=CN2[C@@H](C(=O)C23CC4CC(CC(C4)C2)C3)[C@@H]1c1ccc(Cl)c(Cl)c1. The lowest BCUT2D eigenvalue weighted by Crippen LogP contribution is -2.55. The van der Waals surface area contributed by atoms with Crippen LogP contribution in [0.4, 0.5) is 0 Å². The molecule has 6 aliphatic rings. The summed E-state index contributed by atoms with van der Waals surface area (Å²) in [5, 5.41) is 22.3. The highest BCUT2D eigenvalue weighted by molar-refractivity contribution is 6.42. The molecule has 3 atom stereocenters. The normalized spacial score (nSPS) is 35.9. The van der Waals surface area contributed by atoms with Crippen molar-refractivity contribution >= 4 is 35.1 Å². The van der Waals surface area contributed by atoms with Gasteiger partial charge in [-0.2, -0.15) is 10.5 Å². The fourth-order valence-electron chi connectivity index (χ4n) is 9.10. The molecule has 8 rings (SSSR count). The zero-order chi connectivity index (χ0) is 25.5. The van der Waals surface area contributed by atoms with Crippen LogP contribution in [0.25, 0.3) is 6.08 Å². The number of Topliss-reactive ketones (excluding diaryl/α,β-unsaturated/α-hetero) is 1. The van der Waals surface area contributed by atoms with Gasteiger partial charge in [-0.3, -0.25) is 4.79 Å². The van der Waals surface area contributed by atoms with Gasteiger partial charge in [0.25, 0.3) is 0 Å². The van der Waals surface area contributed by atoms with Gasteiger partial charge in [-0.15, -0.1) is 0 Å². The van der Waals surface area contributed by atoms with Crippen molar-refractivity contribution in [3.05, 3.63) is 75.4 Å². The lowest BCUT2D eigenvalue weighted by Gasteiger charge is -2.57. The van der Waals surface area contributed by atoms with Crippen LogP contribution in [0.1, 0.15) is 67.2 Å². The van der Waals surface area contributed by atoms with Gasteiger partial charge in [-0.05, 0) is 91.2 Å². The molecule has 0 amide bonds. The highest BCUT2D eigenvalue weighted by Gasteiger charge is 2.67. The summed E-state index contributed by atoms with van der Waals surface area (Å²) < 4.78 is 0. The number of benzene rings is 2. The second-order valence-corrected chi connectivity index (χ2v) is 12.9. The number of halogens is 2. The molecule has 2 aliphatic heterocycles. The first-order valence-electron chi connectivity index (χ1n) is 13.3. The van der Waals surface area contributed by atoms with E-state index in [1.165, 1.54) is 19.3 Å². The third kappa shape index (κ3) is 3.16. The lowest BCUT2D eigenvalue weighted by atomic mass is 9.47. The molecule has 4 nitrogen and oxygen atoms in total. The third-order valence-corrected chi connectivity index (χ3v) is 10.8. The van der Waals surface area contributed by atoms with Crippen LogP contribution in [-0.4, -0.2) is 16.7 Å². The number of nitriles is 2. The van der Waals surface area contributed by atoms with E-state index >= 15 is 0 Å². The number of fused-ring (bicyclic) bond motifs is 3. The standard InChI is InChI=1S/C31H27Cl2N3O/c32-24-6-5-22(12-25(24)33)26-27(29(37)30-13-18-9-19(14-30)11-20(10-18)15-30)36-8-7-21-3-1-2-4-23(21)28(36)31(26,16-34)17-35/h1-8,12,18-20,26-28H,9-11,13-15H2/t18?,19?,20?,26-,27+,28?,30?/m0/s1. The van der Waals surface area contributed by atoms with E-state index < -0.39 is 23.4 Å². The van der Waals surface area contributed by atoms with Gasteiger partial charge in [0.15, 0.2) is 11.2 Å². The molecule has 186 valence electrons. The number of carbonyl (C=O) groups excluding carboxylic acids is 1. The molecule has 0 aromatic heterocycles. The molecule has 0 radical (unpaired) electrons. The first-order chi connectivity index (χ1) is 17.9. The van der Waals surface area contributed by atoms with Crippen LogP contribution in [0.5, 0.6) is 0 Å².